The monoisotopic (exact) mass is 468 g/mol. The molecule has 3 N–H and O–H groups in total. The molecule has 2 amide bonds. The number of terminal acetylenes is 1. The van der Waals surface area contributed by atoms with Crippen LogP contribution in [0.25, 0.3) is 11.1 Å². The lowest BCUT2D eigenvalue weighted by Gasteiger charge is -2.14. The summed E-state index contributed by atoms with van der Waals surface area (Å²) in [5, 5.41) is 13.3. The molecule has 1 fully saturated rings. The maximum absolute atomic E-state index is 14.1. The number of amides is 2. The summed E-state index contributed by atoms with van der Waals surface area (Å²) in [4.78, 5) is 35.4. The zero-order valence-electron chi connectivity index (χ0n) is 18.0. The molecule has 3 atom stereocenters. The third-order valence-corrected chi connectivity index (χ3v) is 6.23. The van der Waals surface area contributed by atoms with Crippen LogP contribution < -0.4 is 10.6 Å². The SMILES string of the molecule is C#CCC(NC(=O)C1C(CNC(=O)OCC2c3ccccc3-c3ccccc32)C1(F)F)C(=O)O. The van der Waals surface area contributed by atoms with Crippen LogP contribution in [0.5, 0.6) is 0 Å². The van der Waals surface area contributed by atoms with E-state index in [1.54, 1.807) is 0 Å². The van der Waals surface area contributed by atoms with Crippen molar-refractivity contribution < 1.29 is 33.0 Å². The van der Waals surface area contributed by atoms with Gasteiger partial charge in [-0.25, -0.2) is 18.4 Å². The van der Waals surface area contributed by atoms with E-state index >= 15 is 0 Å². The van der Waals surface area contributed by atoms with Gasteiger partial charge in [0.25, 0.3) is 5.92 Å². The van der Waals surface area contributed by atoms with Gasteiger partial charge in [0.1, 0.15) is 18.6 Å². The summed E-state index contributed by atoms with van der Waals surface area (Å²) in [5.74, 6) is -7.22. The third kappa shape index (κ3) is 4.31. The molecule has 0 aromatic heterocycles. The molecule has 4 rings (SSSR count). The van der Waals surface area contributed by atoms with Crippen molar-refractivity contribution in [2.45, 2.75) is 24.3 Å². The predicted octanol–water partition coefficient (Wildman–Crippen LogP) is 3.00. The fourth-order valence-corrected chi connectivity index (χ4v) is 4.42. The maximum atomic E-state index is 14.1. The van der Waals surface area contributed by atoms with Gasteiger partial charge in [-0.05, 0) is 22.3 Å². The number of benzene rings is 2. The van der Waals surface area contributed by atoms with Crippen LogP contribution in [0.4, 0.5) is 13.6 Å². The Morgan fingerprint density at radius 3 is 2.24 bits per heavy atom. The summed E-state index contributed by atoms with van der Waals surface area (Å²) in [5.41, 5.74) is 4.15. The molecule has 2 aliphatic rings. The molecule has 0 radical (unpaired) electrons. The lowest BCUT2D eigenvalue weighted by atomic mass is 9.98. The van der Waals surface area contributed by atoms with Crippen molar-refractivity contribution in [3.05, 3.63) is 59.7 Å². The van der Waals surface area contributed by atoms with Crippen molar-refractivity contribution in [1.29, 1.82) is 0 Å². The van der Waals surface area contributed by atoms with Gasteiger partial charge in [0.05, 0.1) is 5.92 Å². The minimum atomic E-state index is -3.38. The molecule has 0 heterocycles. The van der Waals surface area contributed by atoms with Gasteiger partial charge in [-0.3, -0.25) is 4.79 Å². The number of hydrogen-bond donors (Lipinski definition) is 3. The standard InChI is InChI=1S/C25H22F2N2O5/c1-2-7-20(23(31)32)29-22(30)21-19(25(21,26)27)12-28-24(33)34-13-18-16-10-5-3-8-14(16)15-9-4-6-11-17(15)18/h1,3-6,8-11,18-21H,7,12-13H2,(H,28,33)(H,29,30)(H,31,32). The first-order valence-electron chi connectivity index (χ1n) is 10.7. The van der Waals surface area contributed by atoms with Crippen LogP contribution in [0.15, 0.2) is 48.5 Å². The van der Waals surface area contributed by atoms with Crippen molar-refractivity contribution >= 4 is 18.0 Å². The second kappa shape index (κ2) is 9.14. The average Bonchev–Trinajstić information content (AvgIpc) is 3.22. The Morgan fingerprint density at radius 1 is 1.09 bits per heavy atom. The van der Waals surface area contributed by atoms with Gasteiger partial charge < -0.3 is 20.5 Å². The van der Waals surface area contributed by atoms with Crippen LogP contribution in [0.1, 0.15) is 23.5 Å². The molecule has 2 aliphatic carbocycles. The van der Waals surface area contributed by atoms with E-state index in [0.717, 1.165) is 22.3 Å². The van der Waals surface area contributed by atoms with Crippen LogP contribution in [0.2, 0.25) is 0 Å². The summed E-state index contributed by atoms with van der Waals surface area (Å²) in [6, 6.07) is 14.1. The Kier molecular flexibility index (Phi) is 6.24. The Bertz CT molecular complexity index is 1130. The van der Waals surface area contributed by atoms with E-state index in [9.17, 15) is 23.2 Å². The van der Waals surface area contributed by atoms with Crippen LogP contribution in [-0.4, -0.2) is 48.2 Å². The fraction of sp³-hybridized carbons (Fsp3) is 0.320. The lowest BCUT2D eigenvalue weighted by Crippen LogP contribution is -2.42. The molecular formula is C25H22F2N2O5. The van der Waals surface area contributed by atoms with Crippen LogP contribution in [0.3, 0.4) is 0 Å². The van der Waals surface area contributed by atoms with Gasteiger partial charge in [0.15, 0.2) is 0 Å². The highest BCUT2D eigenvalue weighted by atomic mass is 19.3. The van der Waals surface area contributed by atoms with Gasteiger partial charge in [-0.15, -0.1) is 12.3 Å². The van der Waals surface area contributed by atoms with Gasteiger partial charge in [0, 0.05) is 18.9 Å². The van der Waals surface area contributed by atoms with Crippen LogP contribution >= 0.6 is 0 Å². The van der Waals surface area contributed by atoms with Gasteiger partial charge >= 0.3 is 12.1 Å². The second-order valence-electron chi connectivity index (χ2n) is 8.27. The number of hydrogen-bond acceptors (Lipinski definition) is 4. The quantitative estimate of drug-likeness (QED) is 0.517. The summed E-state index contributed by atoms with van der Waals surface area (Å²) in [6.07, 6.45) is 3.84. The summed E-state index contributed by atoms with van der Waals surface area (Å²) >= 11 is 0. The summed E-state index contributed by atoms with van der Waals surface area (Å²) in [6.45, 7) is -0.466. The average molecular weight is 468 g/mol. The lowest BCUT2D eigenvalue weighted by molar-refractivity contribution is -0.142. The van der Waals surface area contributed by atoms with E-state index in [-0.39, 0.29) is 18.9 Å². The summed E-state index contributed by atoms with van der Waals surface area (Å²) in [7, 11) is 0. The van der Waals surface area contributed by atoms with E-state index in [4.69, 9.17) is 16.3 Å². The highest BCUT2D eigenvalue weighted by Crippen LogP contribution is 2.55. The van der Waals surface area contributed by atoms with E-state index in [1.165, 1.54) is 0 Å². The molecule has 34 heavy (non-hydrogen) atoms. The number of rotatable bonds is 8. The predicted molar refractivity (Wildman–Crippen MR) is 118 cm³/mol. The molecule has 0 aliphatic heterocycles. The number of halogens is 2. The van der Waals surface area contributed by atoms with E-state index in [0.29, 0.717) is 0 Å². The topological polar surface area (TPSA) is 105 Å². The number of carboxylic acid groups (broad SMARTS) is 1. The van der Waals surface area contributed by atoms with E-state index in [2.05, 4.69) is 11.2 Å². The molecule has 0 bridgehead atoms. The number of alkyl carbamates (subject to hydrolysis) is 1. The summed E-state index contributed by atoms with van der Waals surface area (Å²) < 4.78 is 33.6. The van der Waals surface area contributed by atoms with Crippen molar-refractivity contribution in [3.8, 4) is 23.5 Å². The Labute approximate surface area is 194 Å². The minimum absolute atomic E-state index is 0.0250. The molecular weight excluding hydrogens is 446 g/mol. The highest BCUT2D eigenvalue weighted by Gasteiger charge is 2.71. The van der Waals surface area contributed by atoms with Crippen molar-refractivity contribution in [2.75, 3.05) is 13.2 Å². The molecule has 7 nitrogen and oxygen atoms in total. The first-order valence-corrected chi connectivity index (χ1v) is 10.7. The zero-order valence-corrected chi connectivity index (χ0v) is 18.0. The first kappa shape index (κ1) is 23.2. The van der Waals surface area contributed by atoms with Gasteiger partial charge in [-0.2, -0.15) is 0 Å². The van der Waals surface area contributed by atoms with Crippen molar-refractivity contribution in [2.24, 2.45) is 11.8 Å². The molecule has 9 heteroatoms. The Hall–Kier alpha value is -3.93. The molecule has 1 saturated carbocycles. The molecule has 0 spiro atoms. The zero-order chi connectivity index (χ0) is 24.5. The number of fused-ring (bicyclic) bond motifs is 3. The Morgan fingerprint density at radius 2 is 1.68 bits per heavy atom. The van der Waals surface area contributed by atoms with E-state index < -0.39 is 48.3 Å². The van der Waals surface area contributed by atoms with E-state index in [1.807, 2.05) is 53.8 Å². The highest BCUT2D eigenvalue weighted by molar-refractivity contribution is 5.88. The number of nitrogens with one attached hydrogen (secondary N) is 2. The smallest absolute Gasteiger partial charge is 0.407 e. The number of ether oxygens (including phenoxy) is 1. The molecule has 0 saturated heterocycles. The number of carboxylic acids is 1. The molecule has 3 unspecified atom stereocenters. The largest absolute Gasteiger partial charge is 0.480 e. The van der Waals surface area contributed by atoms with Crippen molar-refractivity contribution in [1.82, 2.24) is 10.6 Å². The maximum Gasteiger partial charge on any atom is 0.407 e. The van der Waals surface area contributed by atoms with Crippen LogP contribution in [-0.2, 0) is 14.3 Å². The Balaban J connectivity index is 1.31. The number of alkyl halides is 2. The normalized spacial score (nSPS) is 20.3. The van der Waals surface area contributed by atoms with Crippen molar-refractivity contribution in [3.63, 3.8) is 0 Å². The second-order valence-corrected chi connectivity index (χ2v) is 8.27. The number of carbonyl (C=O) groups is 3. The minimum Gasteiger partial charge on any atom is -0.480 e. The van der Waals surface area contributed by atoms with Gasteiger partial charge in [-0.1, -0.05) is 48.5 Å². The van der Waals surface area contributed by atoms with Crippen LogP contribution in [0, 0.1) is 24.2 Å². The fourth-order valence-electron chi connectivity index (χ4n) is 4.42. The number of carbonyl (C=O) groups excluding carboxylic acids is 2. The third-order valence-electron chi connectivity index (χ3n) is 6.23. The van der Waals surface area contributed by atoms with Gasteiger partial charge in [0.2, 0.25) is 5.91 Å². The number of aliphatic carboxylic acids is 1. The molecule has 176 valence electrons. The molecule has 2 aromatic carbocycles. The first-order chi connectivity index (χ1) is 16.3. The molecule has 2 aromatic rings.